The predicted molar refractivity (Wildman–Crippen MR) is 68.3 cm³/mol. The van der Waals surface area contributed by atoms with E-state index in [0.29, 0.717) is 19.5 Å². The van der Waals surface area contributed by atoms with E-state index in [0.717, 1.165) is 12.8 Å². The number of carbonyl (C=O) groups is 2. The SMILES string of the molecule is CCCCN(CCC(=O)NC)C(=O)/C=C/S. The zero-order chi connectivity index (χ0) is 12.4. The number of hydrogen-bond acceptors (Lipinski definition) is 3. The Labute approximate surface area is 102 Å². The molecule has 92 valence electrons. The van der Waals surface area contributed by atoms with E-state index in [-0.39, 0.29) is 11.8 Å². The van der Waals surface area contributed by atoms with Crippen molar-refractivity contribution < 1.29 is 9.59 Å². The van der Waals surface area contributed by atoms with Crippen molar-refractivity contribution in [3.8, 4) is 0 Å². The van der Waals surface area contributed by atoms with Crippen LogP contribution < -0.4 is 5.32 Å². The third kappa shape index (κ3) is 6.50. The normalized spacial score (nSPS) is 10.4. The molecule has 0 spiro atoms. The Morgan fingerprint density at radius 2 is 2.06 bits per heavy atom. The summed E-state index contributed by atoms with van der Waals surface area (Å²) in [6.45, 7) is 3.21. The average Bonchev–Trinajstić information content (AvgIpc) is 2.29. The summed E-state index contributed by atoms with van der Waals surface area (Å²) < 4.78 is 0. The second-order valence-electron chi connectivity index (χ2n) is 3.42. The molecule has 0 aromatic carbocycles. The van der Waals surface area contributed by atoms with E-state index in [1.54, 1.807) is 11.9 Å². The molecule has 0 aliphatic rings. The molecule has 1 N–H and O–H groups in total. The quantitative estimate of drug-likeness (QED) is 0.522. The van der Waals surface area contributed by atoms with Crippen molar-refractivity contribution in [2.45, 2.75) is 26.2 Å². The summed E-state index contributed by atoms with van der Waals surface area (Å²) in [6, 6.07) is 0. The fourth-order valence-corrected chi connectivity index (χ4v) is 1.34. The lowest BCUT2D eigenvalue weighted by Gasteiger charge is -2.20. The summed E-state index contributed by atoms with van der Waals surface area (Å²) in [5.41, 5.74) is 0. The second kappa shape index (κ2) is 9.27. The van der Waals surface area contributed by atoms with Crippen LogP contribution >= 0.6 is 12.6 Å². The van der Waals surface area contributed by atoms with Crippen LogP contribution in [-0.2, 0) is 9.59 Å². The maximum absolute atomic E-state index is 11.6. The van der Waals surface area contributed by atoms with Gasteiger partial charge in [0.1, 0.15) is 0 Å². The topological polar surface area (TPSA) is 49.4 Å². The highest BCUT2D eigenvalue weighted by Crippen LogP contribution is 1.99. The molecule has 0 unspecified atom stereocenters. The van der Waals surface area contributed by atoms with Gasteiger partial charge in [-0.05, 0) is 11.8 Å². The summed E-state index contributed by atoms with van der Waals surface area (Å²) in [5, 5.41) is 3.96. The van der Waals surface area contributed by atoms with Crippen molar-refractivity contribution in [2.75, 3.05) is 20.1 Å². The van der Waals surface area contributed by atoms with Gasteiger partial charge in [-0.1, -0.05) is 13.3 Å². The molecule has 4 nitrogen and oxygen atoms in total. The number of thiol groups is 1. The van der Waals surface area contributed by atoms with Gasteiger partial charge < -0.3 is 10.2 Å². The highest BCUT2D eigenvalue weighted by atomic mass is 32.1. The van der Waals surface area contributed by atoms with Gasteiger partial charge in [0.25, 0.3) is 0 Å². The van der Waals surface area contributed by atoms with Gasteiger partial charge >= 0.3 is 0 Å². The van der Waals surface area contributed by atoms with E-state index < -0.39 is 0 Å². The molecule has 0 bridgehead atoms. The Balaban J connectivity index is 4.19. The van der Waals surface area contributed by atoms with Crippen molar-refractivity contribution in [1.82, 2.24) is 10.2 Å². The van der Waals surface area contributed by atoms with Crippen molar-refractivity contribution in [2.24, 2.45) is 0 Å². The van der Waals surface area contributed by atoms with Gasteiger partial charge in [0.15, 0.2) is 0 Å². The lowest BCUT2D eigenvalue weighted by Crippen LogP contribution is -2.34. The molecule has 0 saturated heterocycles. The van der Waals surface area contributed by atoms with E-state index >= 15 is 0 Å². The van der Waals surface area contributed by atoms with E-state index in [1.807, 2.05) is 0 Å². The molecular weight excluding hydrogens is 224 g/mol. The standard InChI is InChI=1S/C11H20N2O2S/c1-3-4-7-13(11(15)6-9-16)8-5-10(14)12-2/h6,9,16H,3-5,7-8H2,1-2H3,(H,12,14)/b9-6+. The van der Waals surface area contributed by atoms with E-state index in [4.69, 9.17) is 0 Å². The summed E-state index contributed by atoms with van der Waals surface area (Å²) in [7, 11) is 1.59. The monoisotopic (exact) mass is 244 g/mol. The molecule has 0 aliphatic carbocycles. The molecule has 0 atom stereocenters. The van der Waals surface area contributed by atoms with Gasteiger partial charge in [-0.25, -0.2) is 0 Å². The molecule has 0 aromatic heterocycles. The summed E-state index contributed by atoms with van der Waals surface area (Å²) in [5.74, 6) is -0.142. The second-order valence-corrected chi connectivity index (χ2v) is 3.72. The maximum Gasteiger partial charge on any atom is 0.247 e. The molecule has 5 heteroatoms. The number of nitrogens with one attached hydrogen (secondary N) is 1. The Morgan fingerprint density at radius 3 is 2.56 bits per heavy atom. The average molecular weight is 244 g/mol. The van der Waals surface area contributed by atoms with Crippen LogP contribution in [0.1, 0.15) is 26.2 Å². The van der Waals surface area contributed by atoms with Crippen LogP contribution in [0.2, 0.25) is 0 Å². The molecule has 0 heterocycles. The Kier molecular flexibility index (Phi) is 8.71. The summed E-state index contributed by atoms with van der Waals surface area (Å²) >= 11 is 3.87. The molecule has 0 aromatic rings. The molecule has 0 fully saturated rings. The number of amides is 2. The largest absolute Gasteiger partial charge is 0.359 e. The lowest BCUT2D eigenvalue weighted by molar-refractivity contribution is -0.127. The zero-order valence-corrected chi connectivity index (χ0v) is 10.8. The van der Waals surface area contributed by atoms with Gasteiger partial charge in [0.05, 0.1) is 0 Å². The molecular formula is C11H20N2O2S. The van der Waals surface area contributed by atoms with Gasteiger partial charge in [-0.2, -0.15) is 12.6 Å². The molecule has 0 rings (SSSR count). The Bertz CT molecular complexity index is 254. The van der Waals surface area contributed by atoms with Crippen LogP contribution in [0.25, 0.3) is 0 Å². The van der Waals surface area contributed by atoms with Gasteiger partial charge in [0, 0.05) is 32.6 Å². The fraction of sp³-hybridized carbons (Fsp3) is 0.636. The number of unbranched alkanes of at least 4 members (excludes halogenated alkanes) is 1. The molecule has 16 heavy (non-hydrogen) atoms. The molecule has 0 saturated carbocycles. The number of carbonyl (C=O) groups excluding carboxylic acids is 2. The highest BCUT2D eigenvalue weighted by molar-refractivity contribution is 7.83. The predicted octanol–water partition coefficient (Wildman–Crippen LogP) is 1.19. The van der Waals surface area contributed by atoms with Crippen molar-refractivity contribution in [3.63, 3.8) is 0 Å². The molecule has 0 aliphatic heterocycles. The number of nitrogens with zero attached hydrogens (tertiary/aromatic N) is 1. The Morgan fingerprint density at radius 1 is 1.38 bits per heavy atom. The van der Waals surface area contributed by atoms with Gasteiger partial charge in [0.2, 0.25) is 11.8 Å². The minimum absolute atomic E-state index is 0.0517. The van der Waals surface area contributed by atoms with Crippen molar-refractivity contribution >= 4 is 24.4 Å². The van der Waals surface area contributed by atoms with Crippen LogP contribution in [-0.4, -0.2) is 36.9 Å². The van der Waals surface area contributed by atoms with E-state index in [9.17, 15) is 9.59 Å². The highest BCUT2D eigenvalue weighted by Gasteiger charge is 2.11. The summed E-state index contributed by atoms with van der Waals surface area (Å²) in [6.07, 6.45) is 3.71. The van der Waals surface area contributed by atoms with Gasteiger partial charge in [-0.15, -0.1) is 0 Å². The lowest BCUT2D eigenvalue weighted by atomic mass is 10.3. The molecule has 2 amide bonds. The first-order chi connectivity index (χ1) is 7.65. The fourth-order valence-electron chi connectivity index (χ4n) is 1.21. The van der Waals surface area contributed by atoms with Crippen molar-refractivity contribution in [3.05, 3.63) is 11.5 Å². The minimum Gasteiger partial charge on any atom is -0.359 e. The van der Waals surface area contributed by atoms with E-state index in [1.165, 1.54) is 11.5 Å². The third-order valence-corrected chi connectivity index (χ3v) is 2.35. The minimum atomic E-state index is -0.0904. The van der Waals surface area contributed by atoms with Crippen LogP contribution in [0.3, 0.4) is 0 Å². The van der Waals surface area contributed by atoms with Crippen molar-refractivity contribution in [1.29, 1.82) is 0 Å². The summed E-state index contributed by atoms with van der Waals surface area (Å²) in [4.78, 5) is 24.4. The number of hydrogen-bond donors (Lipinski definition) is 2. The van der Waals surface area contributed by atoms with Crippen LogP contribution in [0.15, 0.2) is 11.5 Å². The van der Waals surface area contributed by atoms with Gasteiger partial charge in [-0.3, -0.25) is 9.59 Å². The van der Waals surface area contributed by atoms with E-state index in [2.05, 4.69) is 24.9 Å². The first kappa shape index (κ1) is 15.0. The van der Waals surface area contributed by atoms with Crippen LogP contribution in [0, 0.1) is 0 Å². The first-order valence-corrected chi connectivity index (χ1v) is 5.97. The number of rotatable bonds is 7. The first-order valence-electron chi connectivity index (χ1n) is 5.46. The zero-order valence-electron chi connectivity index (χ0n) is 9.90. The molecule has 0 radical (unpaired) electrons. The van der Waals surface area contributed by atoms with Crippen LogP contribution in [0.4, 0.5) is 0 Å². The van der Waals surface area contributed by atoms with Crippen LogP contribution in [0.5, 0.6) is 0 Å². The smallest absolute Gasteiger partial charge is 0.247 e. The maximum atomic E-state index is 11.6. The third-order valence-electron chi connectivity index (χ3n) is 2.20. The Hall–Kier alpha value is -0.970.